The first-order chi connectivity index (χ1) is 8.15. The lowest BCUT2D eigenvalue weighted by atomic mass is 10.0. The molecule has 1 aromatic heterocycles. The second kappa shape index (κ2) is 5.19. The van der Waals surface area contributed by atoms with Crippen molar-refractivity contribution in [2.75, 3.05) is 0 Å². The van der Waals surface area contributed by atoms with E-state index >= 15 is 0 Å². The molecule has 0 aliphatic heterocycles. The molecule has 2 heteroatoms. The van der Waals surface area contributed by atoms with Crippen molar-refractivity contribution in [2.45, 2.75) is 33.4 Å². The molecule has 0 fully saturated rings. The number of benzene rings is 1. The third-order valence-corrected chi connectivity index (χ3v) is 2.91. The van der Waals surface area contributed by atoms with Gasteiger partial charge in [-0.3, -0.25) is 0 Å². The highest BCUT2D eigenvalue weighted by atomic mass is 16.3. The van der Waals surface area contributed by atoms with Gasteiger partial charge in [-0.2, -0.15) is 0 Å². The predicted molar refractivity (Wildman–Crippen MR) is 69.9 cm³/mol. The number of furan rings is 1. The fourth-order valence-corrected chi connectivity index (χ4v) is 2.04. The van der Waals surface area contributed by atoms with E-state index in [0.29, 0.717) is 6.04 Å². The monoisotopic (exact) mass is 229 g/mol. The summed E-state index contributed by atoms with van der Waals surface area (Å²) >= 11 is 0. The molecule has 2 rings (SSSR count). The second-order valence-electron chi connectivity index (χ2n) is 4.60. The first-order valence-corrected chi connectivity index (χ1v) is 5.99. The summed E-state index contributed by atoms with van der Waals surface area (Å²) < 4.78 is 5.30. The van der Waals surface area contributed by atoms with Gasteiger partial charge in [-0.05, 0) is 38.5 Å². The van der Waals surface area contributed by atoms with Crippen molar-refractivity contribution in [2.24, 2.45) is 0 Å². The van der Waals surface area contributed by atoms with Crippen LogP contribution in [-0.4, -0.2) is 0 Å². The zero-order chi connectivity index (χ0) is 12.3. The first kappa shape index (κ1) is 11.9. The Morgan fingerprint density at radius 1 is 1.18 bits per heavy atom. The van der Waals surface area contributed by atoms with Crippen LogP contribution in [0.5, 0.6) is 0 Å². The smallest absolute Gasteiger partial charge is 0.117 e. The maximum Gasteiger partial charge on any atom is 0.117 e. The van der Waals surface area contributed by atoms with Gasteiger partial charge in [0, 0.05) is 6.04 Å². The van der Waals surface area contributed by atoms with Gasteiger partial charge >= 0.3 is 0 Å². The summed E-state index contributed by atoms with van der Waals surface area (Å²) in [7, 11) is 0. The van der Waals surface area contributed by atoms with Gasteiger partial charge in [-0.1, -0.05) is 29.3 Å². The van der Waals surface area contributed by atoms with Gasteiger partial charge in [0.1, 0.15) is 5.76 Å². The fraction of sp³-hybridized carbons (Fsp3) is 0.333. The lowest BCUT2D eigenvalue weighted by Crippen LogP contribution is -2.17. The Labute approximate surface area is 103 Å². The highest BCUT2D eigenvalue weighted by Gasteiger charge is 2.06. The molecular weight excluding hydrogens is 210 g/mol. The van der Waals surface area contributed by atoms with Crippen molar-refractivity contribution in [1.29, 1.82) is 0 Å². The number of rotatable bonds is 4. The Kier molecular flexibility index (Phi) is 3.64. The van der Waals surface area contributed by atoms with Crippen LogP contribution in [0.15, 0.2) is 41.0 Å². The first-order valence-electron chi connectivity index (χ1n) is 5.99. The highest BCUT2D eigenvalue weighted by molar-refractivity contribution is 5.30. The molecule has 1 N–H and O–H groups in total. The fourth-order valence-electron chi connectivity index (χ4n) is 2.04. The summed E-state index contributed by atoms with van der Waals surface area (Å²) in [6.07, 6.45) is 1.71. The molecule has 0 amide bonds. The molecule has 90 valence electrons. The molecule has 1 atom stereocenters. The Morgan fingerprint density at radius 3 is 2.47 bits per heavy atom. The number of hydrogen-bond donors (Lipinski definition) is 1. The molecule has 0 saturated carbocycles. The van der Waals surface area contributed by atoms with E-state index in [4.69, 9.17) is 4.42 Å². The van der Waals surface area contributed by atoms with Gasteiger partial charge in [0.2, 0.25) is 0 Å². The Morgan fingerprint density at radius 2 is 1.88 bits per heavy atom. The summed E-state index contributed by atoms with van der Waals surface area (Å²) in [5, 5.41) is 3.46. The van der Waals surface area contributed by atoms with E-state index in [1.165, 1.54) is 16.7 Å². The van der Waals surface area contributed by atoms with Gasteiger partial charge < -0.3 is 9.73 Å². The van der Waals surface area contributed by atoms with Crippen molar-refractivity contribution < 1.29 is 4.42 Å². The molecule has 0 aliphatic carbocycles. The predicted octanol–water partition coefficient (Wildman–Crippen LogP) is 3.75. The lowest BCUT2D eigenvalue weighted by Gasteiger charge is -2.14. The molecule has 1 unspecified atom stereocenters. The van der Waals surface area contributed by atoms with Crippen LogP contribution >= 0.6 is 0 Å². The highest BCUT2D eigenvalue weighted by Crippen LogP contribution is 2.17. The van der Waals surface area contributed by atoms with Crippen LogP contribution in [0, 0.1) is 13.8 Å². The molecule has 2 aromatic rings. The van der Waals surface area contributed by atoms with E-state index in [-0.39, 0.29) is 0 Å². The summed E-state index contributed by atoms with van der Waals surface area (Å²) in [5.74, 6) is 0.973. The SMILES string of the molecule is Cc1cc(C)cc(C(C)NCc2ccco2)c1. The minimum atomic E-state index is 0.332. The summed E-state index contributed by atoms with van der Waals surface area (Å²) in [6, 6.07) is 10.9. The molecule has 0 radical (unpaired) electrons. The minimum Gasteiger partial charge on any atom is -0.468 e. The van der Waals surface area contributed by atoms with Crippen LogP contribution in [0.4, 0.5) is 0 Å². The average molecular weight is 229 g/mol. The van der Waals surface area contributed by atoms with Crippen LogP contribution in [0.1, 0.15) is 35.4 Å². The van der Waals surface area contributed by atoms with E-state index in [1.807, 2.05) is 12.1 Å². The maximum absolute atomic E-state index is 5.30. The molecule has 0 saturated heterocycles. The molecule has 1 heterocycles. The molecule has 0 aliphatic rings. The maximum atomic E-state index is 5.30. The second-order valence-corrected chi connectivity index (χ2v) is 4.60. The van der Waals surface area contributed by atoms with Gasteiger partial charge in [-0.15, -0.1) is 0 Å². The van der Waals surface area contributed by atoms with Gasteiger partial charge in [0.05, 0.1) is 12.8 Å². The van der Waals surface area contributed by atoms with E-state index < -0.39 is 0 Å². The molecular formula is C15H19NO. The van der Waals surface area contributed by atoms with E-state index in [0.717, 1.165) is 12.3 Å². The Hall–Kier alpha value is -1.54. The zero-order valence-corrected chi connectivity index (χ0v) is 10.7. The van der Waals surface area contributed by atoms with Crippen LogP contribution in [0.2, 0.25) is 0 Å². The normalized spacial score (nSPS) is 12.6. The number of aryl methyl sites for hydroxylation is 2. The van der Waals surface area contributed by atoms with Crippen molar-refractivity contribution in [1.82, 2.24) is 5.32 Å². The third kappa shape index (κ3) is 3.21. The summed E-state index contributed by atoms with van der Waals surface area (Å²) in [4.78, 5) is 0. The molecule has 0 spiro atoms. The van der Waals surface area contributed by atoms with E-state index in [9.17, 15) is 0 Å². The molecule has 0 bridgehead atoms. The van der Waals surface area contributed by atoms with E-state index in [1.54, 1.807) is 6.26 Å². The topological polar surface area (TPSA) is 25.2 Å². The number of hydrogen-bond acceptors (Lipinski definition) is 2. The van der Waals surface area contributed by atoms with Crippen LogP contribution in [0.25, 0.3) is 0 Å². The number of nitrogens with one attached hydrogen (secondary N) is 1. The van der Waals surface area contributed by atoms with Crippen LogP contribution in [0.3, 0.4) is 0 Å². The zero-order valence-electron chi connectivity index (χ0n) is 10.7. The Bertz CT molecular complexity index is 453. The Balaban J connectivity index is 2.01. The van der Waals surface area contributed by atoms with Gasteiger partial charge in [-0.25, -0.2) is 0 Å². The summed E-state index contributed by atoms with van der Waals surface area (Å²) in [5.41, 5.74) is 3.95. The minimum absolute atomic E-state index is 0.332. The quantitative estimate of drug-likeness (QED) is 0.863. The summed E-state index contributed by atoms with van der Waals surface area (Å²) in [6.45, 7) is 7.21. The molecule has 1 aromatic carbocycles. The molecule has 2 nitrogen and oxygen atoms in total. The third-order valence-electron chi connectivity index (χ3n) is 2.91. The largest absolute Gasteiger partial charge is 0.468 e. The average Bonchev–Trinajstić information content (AvgIpc) is 2.77. The van der Waals surface area contributed by atoms with Crippen molar-refractivity contribution in [3.63, 3.8) is 0 Å². The van der Waals surface area contributed by atoms with Crippen LogP contribution in [-0.2, 0) is 6.54 Å². The lowest BCUT2D eigenvalue weighted by molar-refractivity contribution is 0.460. The van der Waals surface area contributed by atoms with Crippen molar-refractivity contribution in [3.05, 3.63) is 59.0 Å². The van der Waals surface area contributed by atoms with Crippen molar-refractivity contribution >= 4 is 0 Å². The van der Waals surface area contributed by atoms with Crippen molar-refractivity contribution in [3.8, 4) is 0 Å². The van der Waals surface area contributed by atoms with E-state index in [2.05, 4.69) is 44.3 Å². The van der Waals surface area contributed by atoms with Gasteiger partial charge in [0.15, 0.2) is 0 Å². The van der Waals surface area contributed by atoms with Crippen LogP contribution < -0.4 is 5.32 Å². The van der Waals surface area contributed by atoms with Gasteiger partial charge in [0.25, 0.3) is 0 Å². The molecule has 17 heavy (non-hydrogen) atoms. The standard InChI is InChI=1S/C15H19NO/c1-11-7-12(2)9-14(8-11)13(3)16-10-15-5-4-6-17-15/h4-9,13,16H,10H2,1-3H3.